The zero-order valence-electron chi connectivity index (χ0n) is 12.4. The lowest BCUT2D eigenvalue weighted by atomic mass is 10.1. The van der Waals surface area contributed by atoms with E-state index in [9.17, 15) is 9.18 Å². The maximum Gasteiger partial charge on any atom is 0.261 e. The Balaban J connectivity index is 1.91. The number of nitrogens with zero attached hydrogens (tertiary/aromatic N) is 2. The zero-order chi connectivity index (χ0) is 16.8. The summed E-state index contributed by atoms with van der Waals surface area (Å²) in [6.07, 6.45) is 2.39. The van der Waals surface area contributed by atoms with Crippen molar-refractivity contribution in [3.05, 3.63) is 73.5 Å². The molecule has 120 valence electrons. The number of allylic oxidation sites excluding steroid dienone is 1. The molecule has 2 heterocycles. The lowest BCUT2D eigenvalue weighted by Crippen LogP contribution is -2.20. The summed E-state index contributed by atoms with van der Waals surface area (Å²) in [6.45, 7) is 0.545. The Morgan fingerprint density at radius 1 is 1.25 bits per heavy atom. The van der Waals surface area contributed by atoms with Crippen LogP contribution in [0.15, 0.2) is 45.7 Å². The molecule has 1 aliphatic rings. The smallest absolute Gasteiger partial charge is 0.261 e. The van der Waals surface area contributed by atoms with Gasteiger partial charge in [0, 0.05) is 21.6 Å². The summed E-state index contributed by atoms with van der Waals surface area (Å²) < 4.78 is 16.4. The molecule has 0 N–H and O–H groups in total. The lowest BCUT2D eigenvalue weighted by molar-refractivity contribution is 0.624. The van der Waals surface area contributed by atoms with Crippen molar-refractivity contribution in [3.63, 3.8) is 0 Å². The van der Waals surface area contributed by atoms with Crippen LogP contribution >= 0.6 is 27.5 Å². The second-order valence-corrected chi connectivity index (χ2v) is 6.99. The van der Waals surface area contributed by atoms with E-state index in [0.29, 0.717) is 44.8 Å². The highest BCUT2D eigenvalue weighted by molar-refractivity contribution is 9.10. The van der Waals surface area contributed by atoms with Gasteiger partial charge in [0.25, 0.3) is 5.56 Å². The fraction of sp³-hybridized carbons (Fsp3) is 0.111. The maximum atomic E-state index is 14.1. The molecular weight excluding hydrogens is 395 g/mol. The Labute approximate surface area is 150 Å². The van der Waals surface area contributed by atoms with Gasteiger partial charge in [-0.1, -0.05) is 33.6 Å². The average Bonchev–Trinajstić information content (AvgIpc) is 2.93. The van der Waals surface area contributed by atoms with Crippen LogP contribution in [0.1, 0.15) is 17.8 Å². The van der Waals surface area contributed by atoms with Gasteiger partial charge in [0.15, 0.2) is 0 Å². The summed E-state index contributed by atoms with van der Waals surface area (Å²) in [7, 11) is 0. The minimum Gasteiger partial charge on any atom is -0.292 e. The van der Waals surface area contributed by atoms with E-state index in [1.165, 1.54) is 6.07 Å². The van der Waals surface area contributed by atoms with Crippen LogP contribution in [0.2, 0.25) is 5.02 Å². The molecular formula is C18H11BrClFN2O. The number of benzene rings is 2. The molecule has 1 aromatic heterocycles. The first-order chi connectivity index (χ1) is 11.5. The van der Waals surface area contributed by atoms with Crippen molar-refractivity contribution in [2.45, 2.75) is 13.0 Å². The van der Waals surface area contributed by atoms with E-state index >= 15 is 0 Å². The molecule has 2 aromatic carbocycles. The number of halogens is 3. The predicted octanol–water partition coefficient (Wildman–Crippen LogP) is 4.90. The van der Waals surface area contributed by atoms with Crippen LogP contribution in [0.4, 0.5) is 4.39 Å². The van der Waals surface area contributed by atoms with Crippen molar-refractivity contribution in [3.8, 4) is 0 Å². The molecule has 6 heteroatoms. The molecule has 3 aromatic rings. The van der Waals surface area contributed by atoms with Gasteiger partial charge in [-0.3, -0.25) is 9.36 Å². The van der Waals surface area contributed by atoms with E-state index < -0.39 is 0 Å². The highest BCUT2D eigenvalue weighted by Crippen LogP contribution is 2.29. The van der Waals surface area contributed by atoms with Gasteiger partial charge in [0.1, 0.15) is 11.6 Å². The summed E-state index contributed by atoms with van der Waals surface area (Å²) in [6, 6.07) is 9.95. The average molecular weight is 406 g/mol. The normalized spacial score (nSPS) is 15.2. The zero-order valence-corrected chi connectivity index (χ0v) is 14.7. The fourth-order valence-corrected chi connectivity index (χ4v) is 3.43. The molecule has 0 aliphatic carbocycles. The number of rotatable bonds is 1. The van der Waals surface area contributed by atoms with E-state index in [1.54, 1.807) is 41.0 Å². The van der Waals surface area contributed by atoms with Gasteiger partial charge in [-0.25, -0.2) is 9.37 Å². The van der Waals surface area contributed by atoms with Crippen molar-refractivity contribution in [2.75, 3.05) is 0 Å². The van der Waals surface area contributed by atoms with Gasteiger partial charge in [0.2, 0.25) is 0 Å². The Bertz CT molecular complexity index is 1070. The second kappa shape index (κ2) is 5.83. The molecule has 0 amide bonds. The molecule has 0 saturated carbocycles. The van der Waals surface area contributed by atoms with Crippen LogP contribution in [0.25, 0.3) is 22.6 Å². The van der Waals surface area contributed by atoms with Crippen molar-refractivity contribution in [1.29, 1.82) is 0 Å². The third-order valence-electron chi connectivity index (χ3n) is 4.10. The molecule has 3 nitrogen and oxygen atoms in total. The molecule has 24 heavy (non-hydrogen) atoms. The van der Waals surface area contributed by atoms with E-state index in [0.717, 1.165) is 5.57 Å². The van der Waals surface area contributed by atoms with Gasteiger partial charge in [-0.2, -0.15) is 0 Å². The SMILES string of the molecule is O=c1c2ccc(Cl)cc2nc2n1CC/C2=C\c1ccc(Br)cc1F. The molecule has 0 saturated heterocycles. The number of hydrogen-bond acceptors (Lipinski definition) is 2. The van der Waals surface area contributed by atoms with E-state index in [1.807, 2.05) is 0 Å². The van der Waals surface area contributed by atoms with Crippen LogP contribution in [-0.2, 0) is 6.54 Å². The van der Waals surface area contributed by atoms with Gasteiger partial charge in [-0.05, 0) is 48.4 Å². The topological polar surface area (TPSA) is 34.9 Å². The summed E-state index contributed by atoms with van der Waals surface area (Å²) in [4.78, 5) is 17.2. The molecule has 0 radical (unpaired) electrons. The highest BCUT2D eigenvalue weighted by Gasteiger charge is 2.21. The van der Waals surface area contributed by atoms with Crippen LogP contribution in [0, 0.1) is 5.82 Å². The number of fused-ring (bicyclic) bond motifs is 2. The summed E-state index contributed by atoms with van der Waals surface area (Å²) in [5.41, 5.74) is 1.78. The Hall–Kier alpha value is -1.98. The van der Waals surface area contributed by atoms with Crippen molar-refractivity contribution in [2.24, 2.45) is 0 Å². The van der Waals surface area contributed by atoms with Gasteiger partial charge < -0.3 is 0 Å². The highest BCUT2D eigenvalue weighted by atomic mass is 79.9. The molecule has 0 fully saturated rings. The number of hydrogen-bond donors (Lipinski definition) is 0. The van der Waals surface area contributed by atoms with Gasteiger partial charge in [-0.15, -0.1) is 0 Å². The summed E-state index contributed by atoms with van der Waals surface area (Å²) in [5.74, 6) is 0.263. The minimum atomic E-state index is -0.318. The molecule has 1 aliphatic heterocycles. The van der Waals surface area contributed by atoms with E-state index in [2.05, 4.69) is 20.9 Å². The third kappa shape index (κ3) is 2.58. The Kier molecular flexibility index (Phi) is 3.77. The van der Waals surface area contributed by atoms with E-state index in [-0.39, 0.29) is 11.4 Å². The first kappa shape index (κ1) is 15.5. The minimum absolute atomic E-state index is 0.0913. The van der Waals surface area contributed by atoms with Crippen LogP contribution in [0.5, 0.6) is 0 Å². The predicted molar refractivity (Wildman–Crippen MR) is 97.6 cm³/mol. The van der Waals surface area contributed by atoms with Gasteiger partial charge >= 0.3 is 0 Å². The fourth-order valence-electron chi connectivity index (χ4n) is 2.93. The van der Waals surface area contributed by atoms with Crippen molar-refractivity contribution >= 4 is 50.1 Å². The third-order valence-corrected chi connectivity index (χ3v) is 4.83. The molecule has 0 unspecified atom stereocenters. The molecule has 4 rings (SSSR count). The second-order valence-electron chi connectivity index (χ2n) is 5.64. The largest absolute Gasteiger partial charge is 0.292 e. The monoisotopic (exact) mass is 404 g/mol. The Morgan fingerprint density at radius 3 is 2.88 bits per heavy atom. The summed E-state index contributed by atoms with van der Waals surface area (Å²) in [5, 5.41) is 1.07. The first-order valence-corrected chi connectivity index (χ1v) is 8.56. The summed E-state index contributed by atoms with van der Waals surface area (Å²) >= 11 is 9.25. The molecule has 0 spiro atoms. The quantitative estimate of drug-likeness (QED) is 0.577. The van der Waals surface area contributed by atoms with Crippen molar-refractivity contribution in [1.82, 2.24) is 9.55 Å². The molecule has 0 bridgehead atoms. The lowest BCUT2D eigenvalue weighted by Gasteiger charge is -2.06. The molecule has 0 atom stereocenters. The van der Waals surface area contributed by atoms with Gasteiger partial charge in [0.05, 0.1) is 10.9 Å². The van der Waals surface area contributed by atoms with E-state index in [4.69, 9.17) is 11.6 Å². The first-order valence-electron chi connectivity index (χ1n) is 7.39. The van der Waals surface area contributed by atoms with Crippen LogP contribution < -0.4 is 5.56 Å². The standard InChI is InChI=1S/C18H11BrClFN2O/c19-12-2-1-10(15(21)8-12)7-11-5-6-23-17(11)22-16-9-13(20)3-4-14(16)18(23)24/h1-4,7-9H,5-6H2/b11-7+. The Morgan fingerprint density at radius 2 is 2.08 bits per heavy atom. The van der Waals surface area contributed by atoms with Crippen LogP contribution in [0.3, 0.4) is 0 Å². The van der Waals surface area contributed by atoms with Crippen molar-refractivity contribution < 1.29 is 4.39 Å². The number of aromatic nitrogens is 2. The maximum absolute atomic E-state index is 14.1. The van der Waals surface area contributed by atoms with Crippen LogP contribution in [-0.4, -0.2) is 9.55 Å².